The Bertz CT molecular complexity index is 331. The number of methoxy groups -OCH3 is 1. The molecule has 0 spiro atoms. The summed E-state index contributed by atoms with van der Waals surface area (Å²) in [5.41, 5.74) is 1.03. The average molecular weight is 262 g/mol. The topological polar surface area (TPSA) is 21.3 Å². The van der Waals surface area contributed by atoms with Crippen molar-refractivity contribution in [1.82, 2.24) is 5.32 Å². The molecule has 0 bridgehead atoms. The summed E-state index contributed by atoms with van der Waals surface area (Å²) in [6.45, 7) is 3.74. The SMILES string of the molecule is COCCCNC(C)c1cc(Cl)ccc1Cl. The third kappa shape index (κ3) is 4.30. The summed E-state index contributed by atoms with van der Waals surface area (Å²) in [4.78, 5) is 0. The quantitative estimate of drug-likeness (QED) is 0.789. The Morgan fingerprint density at radius 3 is 2.81 bits per heavy atom. The van der Waals surface area contributed by atoms with E-state index in [0.29, 0.717) is 5.02 Å². The lowest BCUT2D eigenvalue weighted by Gasteiger charge is -2.15. The van der Waals surface area contributed by atoms with E-state index in [4.69, 9.17) is 27.9 Å². The van der Waals surface area contributed by atoms with Crippen LogP contribution in [0, 0.1) is 0 Å². The zero-order valence-corrected chi connectivity index (χ0v) is 11.1. The molecule has 1 aromatic rings. The van der Waals surface area contributed by atoms with E-state index in [1.807, 2.05) is 12.1 Å². The molecule has 1 atom stereocenters. The molecule has 0 aliphatic carbocycles. The van der Waals surface area contributed by atoms with E-state index in [9.17, 15) is 0 Å². The molecule has 1 unspecified atom stereocenters. The van der Waals surface area contributed by atoms with Crippen molar-refractivity contribution in [2.24, 2.45) is 0 Å². The number of nitrogens with one attached hydrogen (secondary N) is 1. The Labute approximate surface area is 107 Å². The summed E-state index contributed by atoms with van der Waals surface area (Å²) in [5.74, 6) is 0. The Morgan fingerprint density at radius 1 is 1.38 bits per heavy atom. The number of benzene rings is 1. The van der Waals surface area contributed by atoms with E-state index >= 15 is 0 Å². The highest BCUT2D eigenvalue weighted by atomic mass is 35.5. The maximum absolute atomic E-state index is 6.11. The molecule has 2 nitrogen and oxygen atoms in total. The molecular formula is C12H17Cl2NO. The van der Waals surface area contributed by atoms with Gasteiger partial charge in [0.25, 0.3) is 0 Å². The number of ether oxygens (including phenoxy) is 1. The summed E-state index contributed by atoms with van der Waals surface area (Å²) >= 11 is 12.0. The summed E-state index contributed by atoms with van der Waals surface area (Å²) < 4.78 is 4.99. The normalized spacial score (nSPS) is 12.8. The van der Waals surface area contributed by atoms with Crippen molar-refractivity contribution in [3.63, 3.8) is 0 Å². The van der Waals surface area contributed by atoms with Crippen LogP contribution in [0.2, 0.25) is 10.0 Å². The van der Waals surface area contributed by atoms with Crippen molar-refractivity contribution in [2.75, 3.05) is 20.3 Å². The van der Waals surface area contributed by atoms with Crippen LogP contribution < -0.4 is 5.32 Å². The molecule has 16 heavy (non-hydrogen) atoms. The minimum Gasteiger partial charge on any atom is -0.385 e. The van der Waals surface area contributed by atoms with E-state index < -0.39 is 0 Å². The molecule has 1 aromatic carbocycles. The number of hydrogen-bond acceptors (Lipinski definition) is 2. The second kappa shape index (κ2) is 7.13. The molecule has 0 fully saturated rings. The Hall–Kier alpha value is -0.280. The first kappa shape index (κ1) is 13.8. The first-order valence-electron chi connectivity index (χ1n) is 5.32. The molecular weight excluding hydrogens is 245 g/mol. The molecule has 0 heterocycles. The summed E-state index contributed by atoms with van der Waals surface area (Å²) in [6, 6.07) is 5.72. The molecule has 0 aromatic heterocycles. The van der Waals surface area contributed by atoms with Gasteiger partial charge in [-0.2, -0.15) is 0 Å². The van der Waals surface area contributed by atoms with Crippen LogP contribution in [0.15, 0.2) is 18.2 Å². The number of rotatable bonds is 6. The Morgan fingerprint density at radius 2 is 2.12 bits per heavy atom. The molecule has 1 N–H and O–H groups in total. The van der Waals surface area contributed by atoms with Crippen molar-refractivity contribution < 1.29 is 4.74 Å². The number of halogens is 2. The Balaban J connectivity index is 2.51. The van der Waals surface area contributed by atoms with E-state index in [0.717, 1.165) is 30.2 Å². The monoisotopic (exact) mass is 261 g/mol. The van der Waals surface area contributed by atoms with Gasteiger partial charge in [0, 0.05) is 29.8 Å². The van der Waals surface area contributed by atoms with E-state index in [2.05, 4.69) is 12.2 Å². The maximum atomic E-state index is 6.11. The largest absolute Gasteiger partial charge is 0.385 e. The standard InChI is InChI=1S/C12H17Cl2NO/c1-9(15-6-3-7-16-2)11-8-10(13)4-5-12(11)14/h4-5,8-9,15H,3,6-7H2,1-2H3. The van der Waals surface area contributed by atoms with Gasteiger partial charge in [-0.1, -0.05) is 23.2 Å². The second-order valence-corrected chi connectivity index (χ2v) is 4.53. The highest BCUT2D eigenvalue weighted by molar-refractivity contribution is 6.33. The van der Waals surface area contributed by atoms with Gasteiger partial charge >= 0.3 is 0 Å². The fourth-order valence-corrected chi connectivity index (χ4v) is 1.95. The van der Waals surface area contributed by atoms with Gasteiger partial charge in [0.15, 0.2) is 0 Å². The summed E-state index contributed by atoms with van der Waals surface area (Å²) in [5, 5.41) is 4.84. The molecule has 4 heteroatoms. The molecule has 1 rings (SSSR count). The summed E-state index contributed by atoms with van der Waals surface area (Å²) in [6.07, 6.45) is 0.985. The first-order chi connectivity index (χ1) is 7.65. The zero-order valence-electron chi connectivity index (χ0n) is 9.59. The third-order valence-electron chi connectivity index (χ3n) is 2.40. The minimum absolute atomic E-state index is 0.197. The summed E-state index contributed by atoms with van der Waals surface area (Å²) in [7, 11) is 1.71. The van der Waals surface area contributed by atoms with Gasteiger partial charge in [0.2, 0.25) is 0 Å². The van der Waals surface area contributed by atoms with Gasteiger partial charge in [-0.25, -0.2) is 0 Å². The third-order valence-corrected chi connectivity index (χ3v) is 2.98. The molecule has 0 saturated carbocycles. The lowest BCUT2D eigenvalue weighted by atomic mass is 10.1. The van der Waals surface area contributed by atoms with Gasteiger partial charge in [0.1, 0.15) is 0 Å². The smallest absolute Gasteiger partial charge is 0.0474 e. The van der Waals surface area contributed by atoms with Gasteiger partial charge in [0.05, 0.1) is 0 Å². The van der Waals surface area contributed by atoms with Gasteiger partial charge < -0.3 is 10.1 Å². The molecule has 0 aliphatic heterocycles. The van der Waals surface area contributed by atoms with Crippen molar-refractivity contribution >= 4 is 23.2 Å². The maximum Gasteiger partial charge on any atom is 0.0474 e. The van der Waals surface area contributed by atoms with Crippen LogP contribution in [0.4, 0.5) is 0 Å². The predicted molar refractivity (Wildman–Crippen MR) is 69.4 cm³/mol. The lowest BCUT2D eigenvalue weighted by Crippen LogP contribution is -2.21. The Kier molecular flexibility index (Phi) is 6.14. The van der Waals surface area contributed by atoms with Crippen LogP contribution in [0.5, 0.6) is 0 Å². The highest BCUT2D eigenvalue weighted by Crippen LogP contribution is 2.25. The van der Waals surface area contributed by atoms with Crippen LogP contribution in [0.3, 0.4) is 0 Å². The average Bonchev–Trinajstić information content (AvgIpc) is 2.27. The molecule has 0 saturated heterocycles. The highest BCUT2D eigenvalue weighted by Gasteiger charge is 2.09. The van der Waals surface area contributed by atoms with Crippen LogP contribution in [0.1, 0.15) is 24.9 Å². The van der Waals surface area contributed by atoms with Crippen molar-refractivity contribution in [2.45, 2.75) is 19.4 Å². The number of hydrogen-bond donors (Lipinski definition) is 1. The van der Waals surface area contributed by atoms with Crippen molar-refractivity contribution in [3.8, 4) is 0 Å². The first-order valence-corrected chi connectivity index (χ1v) is 6.08. The fourth-order valence-electron chi connectivity index (χ4n) is 1.49. The molecule has 90 valence electrons. The van der Waals surface area contributed by atoms with Gasteiger partial charge in [-0.05, 0) is 43.7 Å². The zero-order chi connectivity index (χ0) is 12.0. The second-order valence-electron chi connectivity index (χ2n) is 3.69. The van der Waals surface area contributed by atoms with E-state index in [1.54, 1.807) is 13.2 Å². The molecule has 0 amide bonds. The molecule has 0 radical (unpaired) electrons. The fraction of sp³-hybridized carbons (Fsp3) is 0.500. The van der Waals surface area contributed by atoms with Crippen molar-refractivity contribution in [1.29, 1.82) is 0 Å². The van der Waals surface area contributed by atoms with Crippen LogP contribution in [-0.2, 0) is 4.74 Å². The predicted octanol–water partition coefficient (Wildman–Crippen LogP) is 3.68. The lowest BCUT2D eigenvalue weighted by molar-refractivity contribution is 0.193. The van der Waals surface area contributed by atoms with Crippen LogP contribution in [-0.4, -0.2) is 20.3 Å². The van der Waals surface area contributed by atoms with E-state index in [1.165, 1.54) is 0 Å². The van der Waals surface area contributed by atoms with Gasteiger partial charge in [-0.3, -0.25) is 0 Å². The van der Waals surface area contributed by atoms with E-state index in [-0.39, 0.29) is 6.04 Å². The van der Waals surface area contributed by atoms with Crippen molar-refractivity contribution in [3.05, 3.63) is 33.8 Å². The minimum atomic E-state index is 0.197. The van der Waals surface area contributed by atoms with Crippen LogP contribution >= 0.6 is 23.2 Å². The van der Waals surface area contributed by atoms with Gasteiger partial charge in [-0.15, -0.1) is 0 Å². The van der Waals surface area contributed by atoms with Crippen LogP contribution in [0.25, 0.3) is 0 Å². The molecule has 0 aliphatic rings.